The van der Waals surface area contributed by atoms with Gasteiger partial charge in [-0.3, -0.25) is 0 Å². The summed E-state index contributed by atoms with van der Waals surface area (Å²) in [6.07, 6.45) is 12.4. The summed E-state index contributed by atoms with van der Waals surface area (Å²) in [6, 6.07) is 12.6. The smallest absolute Gasteiger partial charge is 0.209 e. The summed E-state index contributed by atoms with van der Waals surface area (Å²) >= 11 is 0. The molecule has 7 heteroatoms. The Morgan fingerprint density at radius 2 is 1.49 bits per heavy atom. The second-order valence-electron chi connectivity index (χ2n) is 9.99. The Morgan fingerprint density at radius 3 is 2.08 bits per heavy atom. The standard InChI is InChI=1S/C30H44N2O3S.ClH/c1-5-7-10-19-31(20-11-8-6-2)21-13-23-35-26-15-17-27(18-16-26)36(33,34)30-28(25(3)4)24-32-22-12-9-14-29(30)32;/h9,12,14-18,22,24-25H,5-8,10-11,13,19-21,23H2,1-4H3;1H. The summed E-state index contributed by atoms with van der Waals surface area (Å²) in [5.41, 5.74) is 1.55. The molecule has 2 heterocycles. The highest BCUT2D eigenvalue weighted by molar-refractivity contribution is 7.91. The molecular weight excluding hydrogens is 504 g/mol. The van der Waals surface area contributed by atoms with Crippen molar-refractivity contribution < 1.29 is 13.2 Å². The normalized spacial score (nSPS) is 11.8. The molecule has 0 bridgehead atoms. The Kier molecular flexibility index (Phi) is 13.0. The first kappa shape index (κ1) is 31.2. The molecule has 2 aromatic heterocycles. The largest absolute Gasteiger partial charge is 0.494 e. The Labute approximate surface area is 230 Å². The molecule has 0 spiro atoms. The van der Waals surface area contributed by atoms with Crippen molar-refractivity contribution in [3.63, 3.8) is 0 Å². The molecule has 1 aromatic carbocycles. The maximum absolute atomic E-state index is 13.6. The average Bonchev–Trinajstić information content (AvgIpc) is 3.28. The van der Waals surface area contributed by atoms with Gasteiger partial charge in [0.05, 0.1) is 17.0 Å². The van der Waals surface area contributed by atoms with E-state index in [0.717, 1.165) is 31.6 Å². The predicted molar refractivity (Wildman–Crippen MR) is 156 cm³/mol. The first-order valence-electron chi connectivity index (χ1n) is 13.7. The van der Waals surface area contributed by atoms with Crippen LogP contribution in [0.25, 0.3) is 5.52 Å². The molecule has 0 aliphatic heterocycles. The van der Waals surface area contributed by atoms with Crippen molar-refractivity contribution in [1.82, 2.24) is 9.30 Å². The fraction of sp³-hybridized carbons (Fsp3) is 0.533. The zero-order chi connectivity index (χ0) is 26.0. The number of sulfone groups is 1. The minimum absolute atomic E-state index is 0. The molecule has 0 fully saturated rings. The molecule has 0 atom stereocenters. The van der Waals surface area contributed by atoms with Crippen LogP contribution in [0.1, 0.15) is 84.1 Å². The van der Waals surface area contributed by atoms with Crippen molar-refractivity contribution in [2.24, 2.45) is 0 Å². The van der Waals surface area contributed by atoms with Gasteiger partial charge in [-0.1, -0.05) is 59.4 Å². The molecule has 5 nitrogen and oxygen atoms in total. The van der Waals surface area contributed by atoms with Crippen molar-refractivity contribution in [2.75, 3.05) is 26.2 Å². The Balaban J connectivity index is 0.00000481. The molecule has 0 aliphatic carbocycles. The van der Waals surface area contributed by atoms with Crippen LogP contribution in [0.15, 0.2) is 64.6 Å². The van der Waals surface area contributed by atoms with E-state index in [1.54, 1.807) is 24.3 Å². The van der Waals surface area contributed by atoms with Gasteiger partial charge in [-0.15, -0.1) is 12.4 Å². The second-order valence-corrected chi connectivity index (χ2v) is 11.9. The van der Waals surface area contributed by atoms with Gasteiger partial charge in [-0.2, -0.15) is 0 Å². The number of nitrogens with zero attached hydrogens (tertiary/aromatic N) is 2. The summed E-state index contributed by atoms with van der Waals surface area (Å²) in [5, 5.41) is 0. The van der Waals surface area contributed by atoms with E-state index in [1.165, 1.54) is 38.5 Å². The molecule has 206 valence electrons. The summed E-state index contributed by atoms with van der Waals surface area (Å²) in [6.45, 7) is 12.5. The number of ether oxygens (including phenoxy) is 1. The summed E-state index contributed by atoms with van der Waals surface area (Å²) < 4.78 is 35.1. The van der Waals surface area contributed by atoms with Gasteiger partial charge in [-0.25, -0.2) is 8.42 Å². The van der Waals surface area contributed by atoms with E-state index in [1.807, 2.05) is 48.8 Å². The van der Waals surface area contributed by atoms with E-state index >= 15 is 0 Å². The zero-order valence-corrected chi connectivity index (χ0v) is 24.6. The maximum atomic E-state index is 13.6. The van der Waals surface area contributed by atoms with E-state index in [2.05, 4.69) is 18.7 Å². The van der Waals surface area contributed by atoms with Gasteiger partial charge in [0.15, 0.2) is 0 Å². The highest BCUT2D eigenvalue weighted by Gasteiger charge is 2.27. The van der Waals surface area contributed by atoms with Gasteiger partial charge in [-0.05, 0) is 80.2 Å². The first-order chi connectivity index (χ1) is 17.4. The molecule has 0 aliphatic rings. The Morgan fingerprint density at radius 1 is 0.865 bits per heavy atom. The third kappa shape index (κ3) is 8.49. The van der Waals surface area contributed by atoms with Crippen LogP contribution in [0.2, 0.25) is 0 Å². The fourth-order valence-corrected chi connectivity index (χ4v) is 6.42. The van der Waals surface area contributed by atoms with Crippen LogP contribution < -0.4 is 4.74 Å². The lowest BCUT2D eigenvalue weighted by Gasteiger charge is -2.22. The van der Waals surface area contributed by atoms with Crippen molar-refractivity contribution >= 4 is 27.8 Å². The van der Waals surface area contributed by atoms with Crippen LogP contribution in [0.4, 0.5) is 0 Å². The van der Waals surface area contributed by atoms with Crippen molar-refractivity contribution in [3.8, 4) is 5.75 Å². The SMILES string of the molecule is CCCCCN(CCCCC)CCCOc1ccc(S(=O)(=O)c2c(C(C)C)cn3ccccc23)cc1.Cl. The van der Waals surface area contributed by atoms with Crippen LogP contribution in [0, 0.1) is 0 Å². The Bertz CT molecular complexity index is 1160. The number of aromatic nitrogens is 1. The molecule has 37 heavy (non-hydrogen) atoms. The molecule has 0 radical (unpaired) electrons. The van der Waals surface area contributed by atoms with Gasteiger partial charge in [0.25, 0.3) is 0 Å². The van der Waals surface area contributed by atoms with E-state index in [9.17, 15) is 8.42 Å². The van der Waals surface area contributed by atoms with Crippen molar-refractivity contribution in [2.45, 2.75) is 88.3 Å². The molecule has 0 saturated carbocycles. The lowest BCUT2D eigenvalue weighted by molar-refractivity contribution is 0.227. The van der Waals surface area contributed by atoms with Crippen LogP contribution in [0.3, 0.4) is 0 Å². The number of unbranched alkanes of at least 4 members (excludes halogenated alkanes) is 4. The van der Waals surface area contributed by atoms with Gasteiger partial charge in [0, 0.05) is 18.9 Å². The van der Waals surface area contributed by atoms with Crippen LogP contribution in [0.5, 0.6) is 5.75 Å². The number of hydrogen-bond donors (Lipinski definition) is 0. The minimum atomic E-state index is -3.66. The maximum Gasteiger partial charge on any atom is 0.209 e. The third-order valence-corrected chi connectivity index (χ3v) is 8.61. The molecule has 0 N–H and O–H groups in total. The summed E-state index contributed by atoms with van der Waals surface area (Å²) in [4.78, 5) is 3.27. The minimum Gasteiger partial charge on any atom is -0.494 e. The molecular formula is C30H45ClN2O3S. The summed E-state index contributed by atoms with van der Waals surface area (Å²) in [7, 11) is -3.66. The van der Waals surface area contributed by atoms with Crippen molar-refractivity contribution in [1.29, 1.82) is 0 Å². The van der Waals surface area contributed by atoms with Gasteiger partial charge in [0.1, 0.15) is 10.6 Å². The Hall–Kier alpha value is -2.02. The quantitative estimate of drug-likeness (QED) is 0.171. The van der Waals surface area contributed by atoms with Gasteiger partial charge in [0.2, 0.25) is 9.84 Å². The first-order valence-corrected chi connectivity index (χ1v) is 15.2. The number of halogens is 1. The monoisotopic (exact) mass is 548 g/mol. The number of pyridine rings is 1. The zero-order valence-electron chi connectivity index (χ0n) is 23.0. The highest BCUT2D eigenvalue weighted by atomic mass is 35.5. The lowest BCUT2D eigenvalue weighted by atomic mass is 10.1. The highest BCUT2D eigenvalue weighted by Crippen LogP contribution is 2.34. The van der Waals surface area contributed by atoms with Gasteiger partial charge < -0.3 is 14.0 Å². The molecule has 3 aromatic rings. The van der Waals surface area contributed by atoms with Gasteiger partial charge >= 0.3 is 0 Å². The van der Waals surface area contributed by atoms with E-state index in [-0.39, 0.29) is 18.3 Å². The van der Waals surface area contributed by atoms with E-state index in [4.69, 9.17) is 4.74 Å². The number of benzene rings is 1. The van der Waals surface area contributed by atoms with E-state index in [0.29, 0.717) is 27.7 Å². The van der Waals surface area contributed by atoms with Crippen LogP contribution in [-0.4, -0.2) is 44.0 Å². The molecule has 0 unspecified atom stereocenters. The fourth-order valence-electron chi connectivity index (χ4n) is 4.64. The lowest BCUT2D eigenvalue weighted by Crippen LogP contribution is -2.28. The number of fused-ring (bicyclic) bond motifs is 1. The third-order valence-electron chi connectivity index (χ3n) is 6.73. The topological polar surface area (TPSA) is 51.0 Å². The molecule has 0 amide bonds. The predicted octanol–water partition coefficient (Wildman–Crippen LogP) is 7.77. The molecule has 3 rings (SSSR count). The second kappa shape index (κ2) is 15.4. The average molecular weight is 549 g/mol. The van der Waals surface area contributed by atoms with Crippen LogP contribution in [-0.2, 0) is 9.84 Å². The van der Waals surface area contributed by atoms with Crippen molar-refractivity contribution in [3.05, 3.63) is 60.4 Å². The van der Waals surface area contributed by atoms with Crippen LogP contribution >= 0.6 is 12.4 Å². The number of hydrogen-bond acceptors (Lipinski definition) is 4. The number of rotatable bonds is 16. The van der Waals surface area contributed by atoms with E-state index < -0.39 is 9.84 Å². The molecule has 0 saturated heterocycles. The summed E-state index contributed by atoms with van der Waals surface area (Å²) in [5.74, 6) is 0.809.